The number of anilines is 1. The van der Waals surface area contributed by atoms with E-state index in [2.05, 4.69) is 5.32 Å². The molecule has 19 heavy (non-hydrogen) atoms. The van der Waals surface area contributed by atoms with E-state index in [9.17, 15) is 9.18 Å². The summed E-state index contributed by atoms with van der Waals surface area (Å²) in [5.74, 6) is -0.656. The van der Waals surface area contributed by atoms with Gasteiger partial charge in [0.2, 0.25) is 0 Å². The fraction of sp³-hybridized carbons (Fsp3) is 0.0714. The maximum atomic E-state index is 13.2. The molecular weight excluding hydrogens is 269 g/mol. The molecule has 0 unspecified atom stereocenters. The number of ether oxygens (including phenoxy) is 1. The molecule has 0 atom stereocenters. The van der Waals surface area contributed by atoms with Crippen LogP contribution in [0.3, 0.4) is 0 Å². The zero-order valence-electron chi connectivity index (χ0n) is 10.1. The highest BCUT2D eigenvalue weighted by Gasteiger charge is 2.13. The zero-order chi connectivity index (χ0) is 13.8. The molecule has 0 bridgehead atoms. The van der Waals surface area contributed by atoms with Crippen LogP contribution in [0.5, 0.6) is 5.75 Å². The van der Waals surface area contributed by atoms with E-state index in [1.165, 1.54) is 19.2 Å². The SMILES string of the molecule is COc1ccc(F)cc1C(=O)Nc1cccc(Cl)c1. The Morgan fingerprint density at radius 1 is 1.26 bits per heavy atom. The smallest absolute Gasteiger partial charge is 0.259 e. The lowest BCUT2D eigenvalue weighted by Gasteiger charge is -2.09. The number of methoxy groups -OCH3 is 1. The Labute approximate surface area is 115 Å². The molecule has 2 rings (SSSR count). The Balaban J connectivity index is 2.27. The van der Waals surface area contributed by atoms with Gasteiger partial charge in [0.25, 0.3) is 5.91 Å². The number of amides is 1. The molecule has 0 spiro atoms. The monoisotopic (exact) mass is 279 g/mol. The van der Waals surface area contributed by atoms with Crippen molar-refractivity contribution in [2.24, 2.45) is 0 Å². The van der Waals surface area contributed by atoms with Crippen molar-refractivity contribution in [3.05, 3.63) is 58.9 Å². The Morgan fingerprint density at radius 2 is 2.05 bits per heavy atom. The van der Waals surface area contributed by atoms with E-state index in [1.807, 2.05) is 0 Å². The van der Waals surface area contributed by atoms with Gasteiger partial charge in [-0.3, -0.25) is 4.79 Å². The lowest BCUT2D eigenvalue weighted by Crippen LogP contribution is -2.13. The van der Waals surface area contributed by atoms with Crippen LogP contribution in [0.2, 0.25) is 5.02 Å². The highest BCUT2D eigenvalue weighted by Crippen LogP contribution is 2.21. The van der Waals surface area contributed by atoms with Crippen molar-refractivity contribution in [3.8, 4) is 5.75 Å². The summed E-state index contributed by atoms with van der Waals surface area (Å²) in [5, 5.41) is 3.13. The zero-order valence-corrected chi connectivity index (χ0v) is 10.9. The van der Waals surface area contributed by atoms with Crippen molar-refractivity contribution in [3.63, 3.8) is 0 Å². The van der Waals surface area contributed by atoms with Crippen LogP contribution >= 0.6 is 11.6 Å². The van der Waals surface area contributed by atoms with Crippen molar-refractivity contribution in [1.82, 2.24) is 0 Å². The van der Waals surface area contributed by atoms with Gasteiger partial charge in [0.1, 0.15) is 11.6 Å². The third-order valence-corrected chi connectivity index (χ3v) is 2.72. The first-order valence-corrected chi connectivity index (χ1v) is 5.88. The van der Waals surface area contributed by atoms with Crippen molar-refractivity contribution in [2.75, 3.05) is 12.4 Å². The van der Waals surface area contributed by atoms with Crippen LogP contribution in [0.4, 0.5) is 10.1 Å². The molecule has 98 valence electrons. The number of halogens is 2. The second-order valence-electron chi connectivity index (χ2n) is 3.81. The van der Waals surface area contributed by atoms with Crippen LogP contribution in [0, 0.1) is 5.82 Å². The molecule has 1 N–H and O–H groups in total. The number of hydrogen-bond acceptors (Lipinski definition) is 2. The average molecular weight is 280 g/mol. The Hall–Kier alpha value is -2.07. The molecule has 0 aliphatic rings. The van der Waals surface area contributed by atoms with Gasteiger partial charge in [-0.2, -0.15) is 0 Å². The van der Waals surface area contributed by atoms with Crippen molar-refractivity contribution in [1.29, 1.82) is 0 Å². The maximum absolute atomic E-state index is 13.2. The lowest BCUT2D eigenvalue weighted by molar-refractivity contribution is 0.102. The van der Waals surface area contributed by atoms with Crippen LogP contribution in [-0.2, 0) is 0 Å². The van der Waals surface area contributed by atoms with Crippen LogP contribution in [0.15, 0.2) is 42.5 Å². The van der Waals surface area contributed by atoms with E-state index in [4.69, 9.17) is 16.3 Å². The summed E-state index contributed by atoms with van der Waals surface area (Å²) < 4.78 is 18.2. The minimum Gasteiger partial charge on any atom is -0.496 e. The second kappa shape index (κ2) is 5.71. The van der Waals surface area contributed by atoms with Crippen LogP contribution < -0.4 is 10.1 Å². The standard InChI is InChI=1S/C14H11ClFNO2/c1-19-13-6-5-10(16)8-12(13)14(18)17-11-4-2-3-9(15)7-11/h2-8H,1H3,(H,17,18). The molecule has 2 aromatic rings. The molecule has 0 aliphatic carbocycles. The summed E-state index contributed by atoms with van der Waals surface area (Å²) in [5.41, 5.74) is 0.659. The second-order valence-corrected chi connectivity index (χ2v) is 4.25. The largest absolute Gasteiger partial charge is 0.496 e. The van der Waals surface area contributed by atoms with E-state index in [1.54, 1.807) is 24.3 Å². The fourth-order valence-electron chi connectivity index (χ4n) is 1.62. The molecule has 0 saturated carbocycles. The number of nitrogens with one attached hydrogen (secondary N) is 1. The van der Waals surface area contributed by atoms with E-state index in [0.29, 0.717) is 16.5 Å². The number of carbonyl (C=O) groups is 1. The summed E-state index contributed by atoms with van der Waals surface area (Å²) in [7, 11) is 1.42. The van der Waals surface area contributed by atoms with E-state index in [0.717, 1.165) is 6.07 Å². The number of rotatable bonds is 3. The topological polar surface area (TPSA) is 38.3 Å². The Kier molecular flexibility index (Phi) is 4.02. The van der Waals surface area contributed by atoms with Gasteiger partial charge >= 0.3 is 0 Å². The summed E-state index contributed by atoms with van der Waals surface area (Å²) in [4.78, 5) is 12.1. The quantitative estimate of drug-likeness (QED) is 0.929. The summed E-state index contributed by atoms with van der Waals surface area (Å²) >= 11 is 5.82. The maximum Gasteiger partial charge on any atom is 0.259 e. The van der Waals surface area contributed by atoms with Crippen molar-refractivity contribution >= 4 is 23.2 Å². The summed E-state index contributed by atoms with van der Waals surface area (Å²) in [6.45, 7) is 0. The summed E-state index contributed by atoms with van der Waals surface area (Å²) in [6.07, 6.45) is 0. The van der Waals surface area contributed by atoms with Crippen LogP contribution in [-0.4, -0.2) is 13.0 Å². The van der Waals surface area contributed by atoms with Gasteiger partial charge in [-0.05, 0) is 36.4 Å². The van der Waals surface area contributed by atoms with Gasteiger partial charge in [-0.15, -0.1) is 0 Å². The summed E-state index contributed by atoms with van der Waals surface area (Å²) in [6, 6.07) is 10.5. The van der Waals surface area contributed by atoms with Gasteiger partial charge < -0.3 is 10.1 Å². The van der Waals surface area contributed by atoms with Crippen LogP contribution in [0.1, 0.15) is 10.4 Å². The molecule has 0 fully saturated rings. The van der Waals surface area contributed by atoms with E-state index >= 15 is 0 Å². The fourth-order valence-corrected chi connectivity index (χ4v) is 1.81. The first-order chi connectivity index (χ1) is 9.10. The molecule has 0 radical (unpaired) electrons. The van der Waals surface area contributed by atoms with Crippen molar-refractivity contribution < 1.29 is 13.9 Å². The van der Waals surface area contributed by atoms with Crippen molar-refractivity contribution in [2.45, 2.75) is 0 Å². The lowest BCUT2D eigenvalue weighted by atomic mass is 10.1. The minimum absolute atomic E-state index is 0.127. The molecule has 0 aromatic heterocycles. The van der Waals surface area contributed by atoms with E-state index in [-0.39, 0.29) is 5.56 Å². The van der Waals surface area contributed by atoms with Gasteiger partial charge in [0.05, 0.1) is 12.7 Å². The number of hydrogen-bond donors (Lipinski definition) is 1. The van der Waals surface area contributed by atoms with Gasteiger partial charge in [0, 0.05) is 10.7 Å². The van der Waals surface area contributed by atoms with Crippen LogP contribution in [0.25, 0.3) is 0 Å². The molecule has 3 nitrogen and oxygen atoms in total. The Morgan fingerprint density at radius 3 is 2.74 bits per heavy atom. The molecule has 1 amide bonds. The Bertz CT molecular complexity index is 616. The predicted octanol–water partition coefficient (Wildman–Crippen LogP) is 3.74. The first kappa shape index (κ1) is 13.4. The van der Waals surface area contributed by atoms with Gasteiger partial charge in [-0.25, -0.2) is 4.39 Å². The molecule has 0 aliphatic heterocycles. The predicted molar refractivity (Wildman–Crippen MR) is 72.4 cm³/mol. The highest BCUT2D eigenvalue weighted by atomic mass is 35.5. The molecule has 0 heterocycles. The third-order valence-electron chi connectivity index (χ3n) is 2.49. The molecule has 5 heteroatoms. The van der Waals surface area contributed by atoms with Gasteiger partial charge in [-0.1, -0.05) is 17.7 Å². The van der Waals surface area contributed by atoms with Gasteiger partial charge in [0.15, 0.2) is 0 Å². The highest BCUT2D eigenvalue weighted by molar-refractivity contribution is 6.31. The number of benzene rings is 2. The first-order valence-electron chi connectivity index (χ1n) is 5.50. The molecule has 2 aromatic carbocycles. The minimum atomic E-state index is -0.503. The normalized spacial score (nSPS) is 10.1. The molecular formula is C14H11ClFNO2. The van der Waals surface area contributed by atoms with E-state index < -0.39 is 11.7 Å². The molecule has 0 saturated heterocycles. The average Bonchev–Trinajstić information content (AvgIpc) is 2.38. The third kappa shape index (κ3) is 3.23. The number of carbonyl (C=O) groups excluding carboxylic acids is 1.